The molecule has 0 atom stereocenters. The summed E-state index contributed by atoms with van der Waals surface area (Å²) in [7, 11) is 0. The van der Waals surface area contributed by atoms with Crippen LogP contribution in [0.4, 0.5) is 16.2 Å². The Hall–Kier alpha value is -2.90. The summed E-state index contributed by atoms with van der Waals surface area (Å²) in [6, 6.07) is 6.58. The van der Waals surface area contributed by atoms with Crippen LogP contribution in [0.5, 0.6) is 0 Å². The summed E-state index contributed by atoms with van der Waals surface area (Å²) in [4.78, 5) is 33.5. The maximum absolute atomic E-state index is 12.8. The van der Waals surface area contributed by atoms with Crippen LogP contribution in [-0.2, 0) is 0 Å². The second-order valence-electron chi connectivity index (χ2n) is 6.76. The third-order valence-corrected chi connectivity index (χ3v) is 4.96. The second-order valence-corrected chi connectivity index (χ2v) is 7.53. The zero-order valence-corrected chi connectivity index (χ0v) is 18.3. The number of benzene rings is 1. The molecule has 2 aromatic heterocycles. The number of nitrogens with zero attached hydrogens (tertiary/aromatic N) is 2. The maximum Gasteiger partial charge on any atom is 0.319 e. The van der Waals surface area contributed by atoms with Crippen molar-refractivity contribution in [3.05, 3.63) is 57.5 Å². The molecule has 2 heterocycles. The number of anilines is 2. The van der Waals surface area contributed by atoms with Crippen LogP contribution in [0.3, 0.4) is 0 Å². The number of aryl methyl sites for hydroxylation is 2. The van der Waals surface area contributed by atoms with Gasteiger partial charge in [0.15, 0.2) is 0 Å². The number of hydrogen-bond donors (Lipinski definition) is 3. The van der Waals surface area contributed by atoms with Crippen LogP contribution in [0.15, 0.2) is 30.5 Å². The molecule has 0 fully saturated rings. The second kappa shape index (κ2) is 9.28. The van der Waals surface area contributed by atoms with E-state index < -0.39 is 5.91 Å². The molecule has 0 aliphatic carbocycles. The van der Waals surface area contributed by atoms with Crippen molar-refractivity contribution < 1.29 is 9.59 Å². The van der Waals surface area contributed by atoms with Gasteiger partial charge in [0.2, 0.25) is 0 Å². The molecule has 1 aromatic carbocycles. The lowest BCUT2D eigenvalue weighted by atomic mass is 10.1. The van der Waals surface area contributed by atoms with Crippen LogP contribution < -0.4 is 16.0 Å². The molecular formula is C21H21Cl2N5O2. The number of para-hydroxylation sites is 1. The van der Waals surface area contributed by atoms with E-state index in [4.69, 9.17) is 23.2 Å². The van der Waals surface area contributed by atoms with Crippen LogP contribution in [0.2, 0.25) is 10.2 Å². The van der Waals surface area contributed by atoms with Crippen molar-refractivity contribution >= 4 is 57.4 Å². The molecule has 0 radical (unpaired) electrons. The number of fused-ring (bicyclic) bond motifs is 1. The predicted octanol–water partition coefficient (Wildman–Crippen LogP) is 5.34. The molecule has 9 heteroatoms. The van der Waals surface area contributed by atoms with Crippen molar-refractivity contribution in [1.82, 2.24) is 15.3 Å². The van der Waals surface area contributed by atoms with E-state index in [1.807, 2.05) is 19.9 Å². The minimum Gasteiger partial charge on any atom is -0.338 e. The number of carbonyl (C=O) groups excluding carboxylic acids is 2. The van der Waals surface area contributed by atoms with E-state index in [1.54, 1.807) is 31.3 Å². The van der Waals surface area contributed by atoms with Gasteiger partial charge in [0.05, 0.1) is 27.5 Å². The average Bonchev–Trinajstić information content (AvgIpc) is 2.68. The number of pyridine rings is 2. The lowest BCUT2D eigenvalue weighted by molar-refractivity contribution is 0.102. The summed E-state index contributed by atoms with van der Waals surface area (Å²) < 4.78 is 0. The first-order chi connectivity index (χ1) is 14.3. The summed E-state index contributed by atoms with van der Waals surface area (Å²) in [5.74, 6) is -0.498. The fourth-order valence-electron chi connectivity index (χ4n) is 2.97. The topological polar surface area (TPSA) is 96.0 Å². The summed E-state index contributed by atoms with van der Waals surface area (Å²) in [6.07, 6.45) is 2.47. The quantitative estimate of drug-likeness (QED) is 0.461. The van der Waals surface area contributed by atoms with E-state index in [0.29, 0.717) is 34.5 Å². The molecule has 156 valence electrons. The molecule has 3 N–H and O–H groups in total. The van der Waals surface area contributed by atoms with Gasteiger partial charge >= 0.3 is 6.03 Å². The fraction of sp³-hybridized carbons (Fsp3) is 0.238. The van der Waals surface area contributed by atoms with Crippen LogP contribution in [0.1, 0.15) is 35.0 Å². The minimum atomic E-state index is -0.498. The van der Waals surface area contributed by atoms with Crippen molar-refractivity contribution in [1.29, 1.82) is 0 Å². The first-order valence-electron chi connectivity index (χ1n) is 9.39. The van der Waals surface area contributed by atoms with E-state index in [1.165, 1.54) is 0 Å². The Morgan fingerprint density at radius 3 is 2.60 bits per heavy atom. The molecule has 3 rings (SSSR count). The van der Waals surface area contributed by atoms with Gasteiger partial charge in [-0.25, -0.2) is 9.78 Å². The lowest BCUT2D eigenvalue weighted by Gasteiger charge is -2.15. The molecule has 0 aliphatic rings. The van der Waals surface area contributed by atoms with Gasteiger partial charge in [0, 0.05) is 23.8 Å². The summed E-state index contributed by atoms with van der Waals surface area (Å²) in [5.41, 5.74) is 3.10. The first kappa shape index (κ1) is 21.8. The summed E-state index contributed by atoms with van der Waals surface area (Å²) in [5, 5.41) is 9.38. The third kappa shape index (κ3) is 4.63. The Bertz CT molecular complexity index is 1110. The van der Waals surface area contributed by atoms with Gasteiger partial charge in [-0.15, -0.1) is 0 Å². The van der Waals surface area contributed by atoms with E-state index in [9.17, 15) is 9.59 Å². The monoisotopic (exact) mass is 445 g/mol. The standard InChI is InChI=1S/C21H21Cl2N5O2/c1-4-8-24-21(30)28-17-11(2)10-25-18-13(17)6-5-7-15(18)27-20(29)16-14(22)9-12(3)26-19(16)23/h5-7,9-10H,4,8H2,1-3H3,(H,27,29)(H2,24,25,28,30). The van der Waals surface area contributed by atoms with Gasteiger partial charge in [0.1, 0.15) is 5.15 Å². The zero-order chi connectivity index (χ0) is 21.8. The Balaban J connectivity index is 1.97. The van der Waals surface area contributed by atoms with Gasteiger partial charge in [-0.2, -0.15) is 0 Å². The van der Waals surface area contributed by atoms with E-state index >= 15 is 0 Å². The Morgan fingerprint density at radius 1 is 1.13 bits per heavy atom. The molecular weight excluding hydrogens is 425 g/mol. The third-order valence-electron chi connectivity index (χ3n) is 4.39. The molecule has 30 heavy (non-hydrogen) atoms. The van der Waals surface area contributed by atoms with Crippen LogP contribution in [0.25, 0.3) is 10.9 Å². The maximum atomic E-state index is 12.8. The fourth-order valence-corrected chi connectivity index (χ4v) is 3.67. The van der Waals surface area contributed by atoms with Gasteiger partial charge in [0.25, 0.3) is 5.91 Å². The van der Waals surface area contributed by atoms with Crippen molar-refractivity contribution in [3.8, 4) is 0 Å². The van der Waals surface area contributed by atoms with Crippen molar-refractivity contribution in [2.45, 2.75) is 27.2 Å². The number of rotatable bonds is 5. The number of hydrogen-bond acceptors (Lipinski definition) is 4. The predicted molar refractivity (Wildman–Crippen MR) is 121 cm³/mol. The average molecular weight is 446 g/mol. The SMILES string of the molecule is CCCNC(=O)Nc1c(C)cnc2c(NC(=O)c3c(Cl)cc(C)nc3Cl)cccc12. The number of carbonyl (C=O) groups is 2. The van der Waals surface area contributed by atoms with Gasteiger partial charge in [-0.05, 0) is 38.0 Å². The Kier molecular flexibility index (Phi) is 6.74. The molecule has 0 spiro atoms. The molecule has 3 amide bonds. The molecule has 0 bridgehead atoms. The molecule has 0 saturated carbocycles. The van der Waals surface area contributed by atoms with Gasteiger partial charge < -0.3 is 16.0 Å². The smallest absolute Gasteiger partial charge is 0.319 e. The Labute approximate surface area is 184 Å². The van der Waals surface area contributed by atoms with Crippen LogP contribution >= 0.6 is 23.2 Å². The molecule has 0 aliphatic heterocycles. The number of urea groups is 1. The highest BCUT2D eigenvalue weighted by Crippen LogP contribution is 2.31. The Morgan fingerprint density at radius 2 is 1.90 bits per heavy atom. The van der Waals surface area contributed by atoms with Crippen LogP contribution in [-0.4, -0.2) is 28.5 Å². The lowest BCUT2D eigenvalue weighted by Crippen LogP contribution is -2.29. The van der Waals surface area contributed by atoms with Crippen LogP contribution in [0, 0.1) is 13.8 Å². The van der Waals surface area contributed by atoms with Gasteiger partial charge in [-0.3, -0.25) is 9.78 Å². The van der Waals surface area contributed by atoms with Crippen molar-refractivity contribution in [2.24, 2.45) is 0 Å². The largest absolute Gasteiger partial charge is 0.338 e. The minimum absolute atomic E-state index is 0.0245. The highest BCUT2D eigenvalue weighted by molar-refractivity contribution is 6.39. The molecule has 0 unspecified atom stereocenters. The van der Waals surface area contributed by atoms with E-state index in [-0.39, 0.29) is 21.8 Å². The molecule has 7 nitrogen and oxygen atoms in total. The van der Waals surface area contributed by atoms with Crippen molar-refractivity contribution in [3.63, 3.8) is 0 Å². The summed E-state index contributed by atoms with van der Waals surface area (Å²) in [6.45, 7) is 6.14. The highest BCUT2D eigenvalue weighted by Gasteiger charge is 2.19. The highest BCUT2D eigenvalue weighted by atomic mass is 35.5. The number of halogens is 2. The number of aromatic nitrogens is 2. The normalized spacial score (nSPS) is 10.7. The molecule has 0 saturated heterocycles. The summed E-state index contributed by atoms with van der Waals surface area (Å²) >= 11 is 12.3. The van der Waals surface area contributed by atoms with E-state index in [2.05, 4.69) is 25.9 Å². The zero-order valence-electron chi connectivity index (χ0n) is 16.8. The number of amides is 3. The molecule has 3 aromatic rings. The first-order valence-corrected chi connectivity index (χ1v) is 10.1. The van der Waals surface area contributed by atoms with Gasteiger partial charge in [-0.1, -0.05) is 42.3 Å². The number of nitrogens with one attached hydrogen (secondary N) is 3. The van der Waals surface area contributed by atoms with Crippen molar-refractivity contribution in [2.75, 3.05) is 17.2 Å². The van der Waals surface area contributed by atoms with E-state index in [0.717, 1.165) is 12.0 Å².